The summed E-state index contributed by atoms with van der Waals surface area (Å²) >= 11 is 85.9. The molecule has 0 nitrogen and oxygen atoms in total. The van der Waals surface area contributed by atoms with Crippen LogP contribution < -0.4 is 0 Å². The van der Waals surface area contributed by atoms with Gasteiger partial charge in [0.2, 0.25) is 0 Å². The molecule has 0 radical (unpaired) electrons. The molecule has 0 N–H and O–H groups in total. The third-order valence-electron chi connectivity index (χ3n) is 8.09. The molecule has 5 aliphatic rings. The second kappa shape index (κ2) is 7.15. The lowest BCUT2D eigenvalue weighted by molar-refractivity contribution is 0.201. The summed E-state index contributed by atoms with van der Waals surface area (Å²) in [7, 11) is 0. The third kappa shape index (κ3) is 2.31. The molecule has 2 fully saturated rings. The van der Waals surface area contributed by atoms with Crippen LogP contribution in [0.4, 0.5) is 0 Å². The number of rotatable bonds is 0. The maximum absolute atomic E-state index is 7.29. The van der Waals surface area contributed by atoms with Gasteiger partial charge in [-0.05, 0) is 45.9 Å². The fourth-order valence-corrected chi connectivity index (χ4v) is 13.4. The zero-order valence-electron chi connectivity index (χ0n) is 15.5. The van der Waals surface area contributed by atoms with Crippen molar-refractivity contribution in [3.63, 3.8) is 0 Å². The number of fused-ring (bicyclic) bond motifs is 14. The van der Waals surface area contributed by atoms with Crippen LogP contribution >= 0.6 is 162 Å². The molecule has 6 rings (SSSR count). The molecule has 0 heterocycles. The monoisotopic (exact) mass is 794 g/mol. The Morgan fingerprint density at radius 1 is 0.545 bits per heavy atom. The van der Waals surface area contributed by atoms with Gasteiger partial charge < -0.3 is 0 Å². The van der Waals surface area contributed by atoms with Crippen LogP contribution in [0, 0.1) is 15.4 Å². The number of hydrogen-bond donors (Lipinski definition) is 0. The Hall–Kier alpha value is 2.91. The molecule has 178 valence electrons. The lowest BCUT2D eigenvalue weighted by atomic mass is 9.57. The van der Waals surface area contributed by atoms with Gasteiger partial charge >= 0.3 is 0 Å². The first-order valence-electron chi connectivity index (χ1n) is 9.43. The minimum Gasteiger partial charge on any atom is -0.109 e. The van der Waals surface area contributed by atoms with Gasteiger partial charge in [0.1, 0.15) is 19.5 Å². The molecule has 4 bridgehead atoms. The van der Waals surface area contributed by atoms with Crippen molar-refractivity contribution in [2.75, 3.05) is 0 Å². The van der Waals surface area contributed by atoms with E-state index in [4.69, 9.17) is 139 Å². The molecule has 2 saturated carbocycles. The molecule has 5 aliphatic carbocycles. The van der Waals surface area contributed by atoms with Crippen LogP contribution in [-0.2, 0) is 0 Å². The van der Waals surface area contributed by atoms with Gasteiger partial charge in [-0.2, -0.15) is 0 Å². The topological polar surface area (TPSA) is 0 Å². The van der Waals surface area contributed by atoms with Crippen molar-refractivity contribution in [3.8, 4) is 0 Å². The van der Waals surface area contributed by atoms with E-state index in [1.165, 1.54) is 0 Å². The Morgan fingerprint density at radius 2 is 0.909 bits per heavy atom. The number of halogens is 13. The Balaban J connectivity index is 1.79. The molecule has 0 saturated heterocycles. The molecule has 0 amide bonds. The summed E-state index contributed by atoms with van der Waals surface area (Å²) in [6.07, 6.45) is 0. The van der Waals surface area contributed by atoms with E-state index >= 15 is 0 Å². The molecule has 0 spiro atoms. The maximum Gasteiger partial charge on any atom is 0.167 e. The zero-order valence-corrected chi connectivity index (χ0v) is 26.7. The highest BCUT2D eigenvalue weighted by atomic mass is 127. The van der Waals surface area contributed by atoms with Crippen molar-refractivity contribution in [1.82, 2.24) is 0 Å². The fraction of sp³-hybridized carbons (Fsp3) is 0.500. The fourth-order valence-electron chi connectivity index (χ4n) is 6.87. The smallest absolute Gasteiger partial charge is 0.109 e. The number of benzene rings is 1. The lowest BCUT2D eigenvalue weighted by Crippen LogP contribution is -2.53. The van der Waals surface area contributed by atoms with Gasteiger partial charge in [0.05, 0.1) is 20.1 Å². The van der Waals surface area contributed by atoms with Gasteiger partial charge in [0, 0.05) is 27.2 Å². The van der Waals surface area contributed by atoms with E-state index in [9.17, 15) is 0 Å². The first-order chi connectivity index (χ1) is 15.0. The molecule has 0 aliphatic heterocycles. The van der Waals surface area contributed by atoms with Gasteiger partial charge in [-0.3, -0.25) is 0 Å². The van der Waals surface area contributed by atoms with Crippen molar-refractivity contribution in [3.05, 3.63) is 53.0 Å². The summed E-state index contributed by atoms with van der Waals surface area (Å²) in [5.74, 6) is -2.58. The van der Waals surface area contributed by atoms with Crippen LogP contribution in [0.15, 0.2) is 38.3 Å². The first-order valence-corrected chi connectivity index (χ1v) is 15.0. The highest BCUT2D eigenvalue weighted by molar-refractivity contribution is 14.1. The second-order valence-corrected chi connectivity index (χ2v) is 16.8. The quantitative estimate of drug-likeness (QED) is 0.181. The summed E-state index contributed by atoms with van der Waals surface area (Å²) in [5, 5.41) is 0.274. The van der Waals surface area contributed by atoms with Crippen molar-refractivity contribution < 1.29 is 0 Å². The molecule has 0 aromatic heterocycles. The van der Waals surface area contributed by atoms with Gasteiger partial charge in [-0.15, -0.1) is 46.4 Å². The van der Waals surface area contributed by atoms with Crippen LogP contribution in [0.1, 0.15) is 23.0 Å². The molecule has 8 atom stereocenters. The van der Waals surface area contributed by atoms with E-state index in [1.807, 2.05) is 18.2 Å². The van der Waals surface area contributed by atoms with Gasteiger partial charge in [-0.1, -0.05) is 98.9 Å². The summed E-state index contributed by atoms with van der Waals surface area (Å²) in [6.45, 7) is 0. The Bertz CT molecular complexity index is 1240. The molecule has 33 heavy (non-hydrogen) atoms. The second-order valence-electron chi connectivity index (χ2n) is 9.03. The van der Waals surface area contributed by atoms with Gasteiger partial charge in [0.25, 0.3) is 0 Å². The lowest BCUT2D eigenvalue weighted by Gasteiger charge is -2.52. The predicted octanol–water partition coefficient (Wildman–Crippen LogP) is 10.4. The van der Waals surface area contributed by atoms with E-state index in [2.05, 4.69) is 22.6 Å². The maximum atomic E-state index is 7.29. The van der Waals surface area contributed by atoms with Crippen molar-refractivity contribution in [2.45, 2.75) is 40.0 Å². The van der Waals surface area contributed by atoms with Crippen LogP contribution in [0.3, 0.4) is 0 Å². The first kappa shape index (κ1) is 26.1. The molecule has 13 heteroatoms. The summed E-state index contributed by atoms with van der Waals surface area (Å²) < 4.78 is -2.68. The largest absolute Gasteiger partial charge is 0.167 e. The van der Waals surface area contributed by atoms with Gasteiger partial charge in [0.15, 0.2) is 8.67 Å². The highest BCUT2D eigenvalue weighted by Crippen LogP contribution is 2.88. The van der Waals surface area contributed by atoms with Gasteiger partial charge in [-0.25, -0.2) is 0 Å². The minimum absolute atomic E-state index is 0.0485. The van der Waals surface area contributed by atoms with E-state index in [1.54, 1.807) is 0 Å². The van der Waals surface area contributed by atoms with E-state index < -0.39 is 51.8 Å². The Labute approximate surface area is 263 Å². The van der Waals surface area contributed by atoms with E-state index in [0.29, 0.717) is 0 Å². The molecular weight excluding hydrogens is 793 g/mol. The Morgan fingerprint density at radius 3 is 1.33 bits per heavy atom. The SMILES string of the molecule is ClC1=C(Cl)[C@@]2(Cl)[C@H]3c4ccc(I)cc4[C@H]4[C@@H]([C@@H]3[C@@]1(Cl)C2(Cl)Cl)[C@@]1(Cl)C(Cl)=C(Cl)[C@@]4(Cl)C1(Cl)Cl. The van der Waals surface area contributed by atoms with Crippen LogP contribution in [0.5, 0.6) is 0 Å². The summed E-state index contributed by atoms with van der Waals surface area (Å²) in [5.41, 5.74) is 1.60. The van der Waals surface area contributed by atoms with Crippen LogP contribution in [0.25, 0.3) is 0 Å². The normalized spacial score (nSPS) is 50.1. The highest BCUT2D eigenvalue weighted by Gasteiger charge is 2.91. The van der Waals surface area contributed by atoms with Crippen molar-refractivity contribution in [1.29, 1.82) is 0 Å². The van der Waals surface area contributed by atoms with E-state index in [0.717, 1.165) is 14.7 Å². The molecule has 0 unspecified atom stereocenters. The standard InChI is InChI=1S/C20H7Cl12I/c21-11-13(23)17(27)9-7(15(11,25)19(17,29)30)5-2-1-4(33)3-6(5)8-10(9)18(28)14(24)12(22)16(8,26)20(18,31)32/h1-3,7-10H/t7-,8-,9+,10-,15-,16+,17-,18+/m0/s1. The molecule has 1 aromatic rings. The average molecular weight is 800 g/mol. The predicted molar refractivity (Wildman–Crippen MR) is 152 cm³/mol. The summed E-state index contributed by atoms with van der Waals surface area (Å²) in [6, 6.07) is 5.82. The summed E-state index contributed by atoms with van der Waals surface area (Å²) in [4.78, 5) is -6.36. The van der Waals surface area contributed by atoms with Crippen molar-refractivity contribution >= 4 is 162 Å². The van der Waals surface area contributed by atoms with Crippen LogP contribution in [-0.4, -0.2) is 28.2 Å². The number of hydrogen-bond acceptors (Lipinski definition) is 0. The number of allylic oxidation sites excluding steroid dienone is 4. The van der Waals surface area contributed by atoms with E-state index in [-0.39, 0.29) is 20.1 Å². The minimum atomic E-state index is -1.81. The average Bonchev–Trinajstić information content (AvgIpc) is 3.08. The van der Waals surface area contributed by atoms with Crippen LogP contribution in [0.2, 0.25) is 0 Å². The molecular formula is C20H7Cl12I. The number of alkyl halides is 8. The third-order valence-corrected chi connectivity index (χ3v) is 17.3. The van der Waals surface area contributed by atoms with Crippen molar-refractivity contribution in [2.24, 2.45) is 11.8 Å². The zero-order chi connectivity index (χ0) is 24.5. The molecule has 1 aromatic carbocycles. The Kier molecular flexibility index (Phi) is 5.67.